The zero-order valence-electron chi connectivity index (χ0n) is 17.7. The second-order valence-electron chi connectivity index (χ2n) is 7.84. The van der Waals surface area contributed by atoms with Crippen LogP contribution in [-0.4, -0.2) is 52.8 Å². The molecule has 160 valence electrons. The Balaban J connectivity index is 1.60. The van der Waals surface area contributed by atoms with Gasteiger partial charge in [-0.1, -0.05) is 36.4 Å². The molecule has 1 aliphatic rings. The minimum absolute atomic E-state index is 0.0295. The number of aryl methyl sites for hydroxylation is 1. The van der Waals surface area contributed by atoms with Crippen LogP contribution in [0.2, 0.25) is 0 Å². The van der Waals surface area contributed by atoms with E-state index in [1.807, 2.05) is 74.8 Å². The third kappa shape index (κ3) is 4.84. The molecule has 0 saturated carbocycles. The van der Waals surface area contributed by atoms with Gasteiger partial charge in [0, 0.05) is 50.0 Å². The van der Waals surface area contributed by atoms with Crippen molar-refractivity contribution >= 4 is 23.2 Å². The van der Waals surface area contributed by atoms with E-state index in [2.05, 4.69) is 15.2 Å². The molecule has 0 aliphatic carbocycles. The van der Waals surface area contributed by atoms with Gasteiger partial charge in [0.05, 0.1) is 4.88 Å². The number of hydrogen-bond acceptors (Lipinski definition) is 5. The van der Waals surface area contributed by atoms with Gasteiger partial charge in [0.15, 0.2) is 0 Å². The number of amides is 2. The molecule has 1 N–H and O–H groups in total. The summed E-state index contributed by atoms with van der Waals surface area (Å²) in [5, 5.41) is 3.08. The van der Waals surface area contributed by atoms with Crippen molar-refractivity contribution in [3.8, 4) is 0 Å². The number of piperazine rings is 1. The highest BCUT2D eigenvalue weighted by Gasteiger charge is 2.40. The van der Waals surface area contributed by atoms with Crippen LogP contribution in [0.5, 0.6) is 0 Å². The van der Waals surface area contributed by atoms with Gasteiger partial charge in [-0.15, -0.1) is 11.3 Å². The van der Waals surface area contributed by atoms with Crippen molar-refractivity contribution in [3.05, 3.63) is 87.9 Å². The van der Waals surface area contributed by atoms with E-state index in [-0.39, 0.29) is 17.9 Å². The van der Waals surface area contributed by atoms with E-state index >= 15 is 0 Å². The Morgan fingerprint density at radius 3 is 2.65 bits per heavy atom. The molecular weight excluding hydrogens is 408 g/mol. The molecule has 2 aromatic heterocycles. The Labute approximate surface area is 186 Å². The number of thiophene rings is 1. The molecule has 0 spiro atoms. The number of benzene rings is 1. The molecule has 1 aromatic carbocycles. The molecule has 4 rings (SSSR count). The Morgan fingerprint density at radius 2 is 1.97 bits per heavy atom. The first-order valence-corrected chi connectivity index (χ1v) is 11.1. The van der Waals surface area contributed by atoms with Gasteiger partial charge in [-0.05, 0) is 36.2 Å². The molecule has 6 nitrogen and oxygen atoms in total. The van der Waals surface area contributed by atoms with Gasteiger partial charge in [-0.2, -0.15) is 0 Å². The molecule has 3 aromatic rings. The fraction of sp³-hybridized carbons (Fsp3) is 0.292. The van der Waals surface area contributed by atoms with Crippen LogP contribution in [0.4, 0.5) is 0 Å². The van der Waals surface area contributed by atoms with Gasteiger partial charge in [-0.25, -0.2) is 0 Å². The zero-order valence-corrected chi connectivity index (χ0v) is 18.5. The van der Waals surface area contributed by atoms with Gasteiger partial charge in [0.25, 0.3) is 5.91 Å². The molecule has 2 atom stereocenters. The van der Waals surface area contributed by atoms with Gasteiger partial charge in [0.2, 0.25) is 5.91 Å². The summed E-state index contributed by atoms with van der Waals surface area (Å²) in [5.74, 6) is -0.0122. The molecular formula is C24H26N4O2S. The molecule has 1 fully saturated rings. The summed E-state index contributed by atoms with van der Waals surface area (Å²) in [7, 11) is 1.83. The lowest BCUT2D eigenvalue weighted by Crippen LogP contribution is -2.59. The number of hydrogen-bond donors (Lipinski definition) is 1. The second-order valence-corrected chi connectivity index (χ2v) is 9.13. The first-order valence-electron chi connectivity index (χ1n) is 10.3. The fourth-order valence-electron chi connectivity index (χ4n) is 4.00. The lowest BCUT2D eigenvalue weighted by Gasteiger charge is -2.45. The van der Waals surface area contributed by atoms with E-state index in [0.717, 1.165) is 16.0 Å². The third-order valence-electron chi connectivity index (χ3n) is 5.56. The number of rotatable bonds is 6. The molecule has 7 heteroatoms. The van der Waals surface area contributed by atoms with Crippen LogP contribution in [0.25, 0.3) is 0 Å². The predicted molar refractivity (Wildman–Crippen MR) is 122 cm³/mol. The number of nitrogens with zero attached hydrogens (tertiary/aromatic N) is 3. The first-order chi connectivity index (χ1) is 15.0. The van der Waals surface area contributed by atoms with Crippen molar-refractivity contribution in [1.82, 2.24) is 20.1 Å². The van der Waals surface area contributed by atoms with Crippen molar-refractivity contribution in [1.29, 1.82) is 0 Å². The highest BCUT2D eigenvalue weighted by atomic mass is 32.1. The molecule has 3 heterocycles. The SMILES string of the molecule is Cc1ccc(C(=O)NC[C@@H]2CN(C)C(=O)[C@H](c3ccccc3)N2Cc2cccnc2)s1. The molecule has 0 unspecified atom stereocenters. The first kappa shape index (κ1) is 21.2. The minimum atomic E-state index is -0.411. The number of nitrogens with one attached hydrogen (secondary N) is 1. The van der Waals surface area contributed by atoms with Crippen molar-refractivity contribution in [2.75, 3.05) is 20.1 Å². The zero-order chi connectivity index (χ0) is 21.8. The highest BCUT2D eigenvalue weighted by molar-refractivity contribution is 7.13. The van der Waals surface area contributed by atoms with E-state index in [0.29, 0.717) is 24.5 Å². The van der Waals surface area contributed by atoms with E-state index in [9.17, 15) is 9.59 Å². The molecule has 1 aliphatic heterocycles. The second kappa shape index (κ2) is 9.41. The van der Waals surface area contributed by atoms with Crippen molar-refractivity contribution in [3.63, 3.8) is 0 Å². The Hall–Kier alpha value is -3.03. The van der Waals surface area contributed by atoms with Crippen LogP contribution in [0.1, 0.15) is 31.7 Å². The van der Waals surface area contributed by atoms with Crippen molar-refractivity contribution in [2.45, 2.75) is 25.6 Å². The predicted octanol–water partition coefficient (Wildman–Crippen LogP) is 3.27. The van der Waals surface area contributed by atoms with Crippen LogP contribution in [0.3, 0.4) is 0 Å². The standard InChI is InChI=1S/C24H26N4O2S/c1-17-10-11-21(31-17)23(29)26-14-20-16-27(2)24(30)22(19-8-4-3-5-9-19)28(20)15-18-7-6-12-25-13-18/h3-13,20,22H,14-16H2,1-2H3,(H,26,29)/t20-,22+/m1/s1. The van der Waals surface area contributed by atoms with E-state index in [1.54, 1.807) is 11.1 Å². The van der Waals surface area contributed by atoms with E-state index in [4.69, 9.17) is 0 Å². The largest absolute Gasteiger partial charge is 0.350 e. The number of aromatic nitrogens is 1. The fourth-order valence-corrected chi connectivity index (χ4v) is 4.78. The summed E-state index contributed by atoms with van der Waals surface area (Å²) in [4.78, 5) is 35.9. The topological polar surface area (TPSA) is 65.5 Å². The molecule has 1 saturated heterocycles. The maximum absolute atomic E-state index is 13.2. The maximum Gasteiger partial charge on any atom is 0.261 e. The quantitative estimate of drug-likeness (QED) is 0.647. The molecule has 2 amide bonds. The molecule has 0 bridgehead atoms. The van der Waals surface area contributed by atoms with Crippen molar-refractivity contribution < 1.29 is 9.59 Å². The molecule has 0 radical (unpaired) electrons. The number of likely N-dealkylation sites (N-methyl/N-ethyl adjacent to an activating group) is 1. The Bertz CT molecular complexity index is 1040. The summed E-state index contributed by atoms with van der Waals surface area (Å²) in [6.07, 6.45) is 3.57. The monoisotopic (exact) mass is 434 g/mol. The van der Waals surface area contributed by atoms with Gasteiger partial charge in [-0.3, -0.25) is 19.5 Å². The molecule has 31 heavy (non-hydrogen) atoms. The van der Waals surface area contributed by atoms with Gasteiger partial charge < -0.3 is 10.2 Å². The lowest BCUT2D eigenvalue weighted by molar-refractivity contribution is -0.144. The Kier molecular flexibility index (Phi) is 6.44. The number of carbonyl (C=O) groups is 2. The van der Waals surface area contributed by atoms with E-state index < -0.39 is 6.04 Å². The average molecular weight is 435 g/mol. The van der Waals surface area contributed by atoms with Gasteiger partial charge in [0.1, 0.15) is 6.04 Å². The van der Waals surface area contributed by atoms with Crippen LogP contribution < -0.4 is 5.32 Å². The maximum atomic E-state index is 13.2. The minimum Gasteiger partial charge on any atom is -0.350 e. The number of pyridine rings is 1. The highest BCUT2D eigenvalue weighted by Crippen LogP contribution is 2.31. The summed E-state index contributed by atoms with van der Waals surface area (Å²) in [6.45, 7) is 3.57. The van der Waals surface area contributed by atoms with Crippen LogP contribution in [0.15, 0.2) is 67.0 Å². The van der Waals surface area contributed by atoms with Gasteiger partial charge >= 0.3 is 0 Å². The summed E-state index contributed by atoms with van der Waals surface area (Å²) < 4.78 is 0. The smallest absolute Gasteiger partial charge is 0.261 e. The summed E-state index contributed by atoms with van der Waals surface area (Å²) in [6, 6.07) is 17.1. The Morgan fingerprint density at radius 1 is 1.16 bits per heavy atom. The summed E-state index contributed by atoms with van der Waals surface area (Å²) in [5.41, 5.74) is 1.99. The number of carbonyl (C=O) groups excluding carboxylic acids is 2. The third-order valence-corrected chi connectivity index (χ3v) is 6.56. The van der Waals surface area contributed by atoms with Crippen LogP contribution in [0, 0.1) is 6.92 Å². The van der Waals surface area contributed by atoms with E-state index in [1.165, 1.54) is 11.3 Å². The van der Waals surface area contributed by atoms with Crippen LogP contribution in [-0.2, 0) is 11.3 Å². The lowest BCUT2D eigenvalue weighted by atomic mass is 9.97. The van der Waals surface area contributed by atoms with Crippen molar-refractivity contribution in [2.24, 2.45) is 0 Å². The normalized spacial score (nSPS) is 19.4. The average Bonchev–Trinajstić information content (AvgIpc) is 3.23. The summed E-state index contributed by atoms with van der Waals surface area (Å²) >= 11 is 1.49. The van der Waals surface area contributed by atoms with Crippen LogP contribution >= 0.6 is 11.3 Å².